The summed E-state index contributed by atoms with van der Waals surface area (Å²) in [6.45, 7) is 0. The Morgan fingerprint density at radius 2 is 2.43 bits per heavy atom. The number of nitriles is 1. The van der Waals surface area contributed by atoms with E-state index in [1.165, 1.54) is 0 Å². The summed E-state index contributed by atoms with van der Waals surface area (Å²) >= 11 is 0. The number of nitrogen functional groups attached to an aromatic ring is 1. The molecular weight excluding hydrogens is 178 g/mol. The SMILES string of the molecule is COc1ccc(N)c(C=CCC#N)n1. The van der Waals surface area contributed by atoms with Gasteiger partial charge >= 0.3 is 0 Å². The van der Waals surface area contributed by atoms with Crippen LogP contribution in [0.2, 0.25) is 0 Å². The van der Waals surface area contributed by atoms with Crippen LogP contribution >= 0.6 is 0 Å². The number of rotatable bonds is 3. The molecule has 4 nitrogen and oxygen atoms in total. The summed E-state index contributed by atoms with van der Waals surface area (Å²) < 4.78 is 4.95. The zero-order valence-electron chi connectivity index (χ0n) is 7.90. The minimum Gasteiger partial charge on any atom is -0.481 e. The number of hydrogen-bond acceptors (Lipinski definition) is 4. The van der Waals surface area contributed by atoms with E-state index >= 15 is 0 Å². The van der Waals surface area contributed by atoms with E-state index in [0.717, 1.165) is 0 Å². The molecule has 0 saturated carbocycles. The van der Waals surface area contributed by atoms with Crippen molar-refractivity contribution in [2.24, 2.45) is 0 Å². The minimum atomic E-state index is 0.346. The molecule has 2 N–H and O–H groups in total. The first-order valence-electron chi connectivity index (χ1n) is 4.12. The van der Waals surface area contributed by atoms with Crippen LogP contribution in [-0.2, 0) is 0 Å². The van der Waals surface area contributed by atoms with E-state index < -0.39 is 0 Å². The van der Waals surface area contributed by atoms with Crippen LogP contribution in [0, 0.1) is 11.3 Å². The summed E-state index contributed by atoms with van der Waals surface area (Å²) in [5.74, 6) is 0.510. The summed E-state index contributed by atoms with van der Waals surface area (Å²) in [5.41, 5.74) is 6.87. The predicted octanol–water partition coefficient (Wildman–Crippen LogP) is 1.60. The van der Waals surface area contributed by atoms with Crippen LogP contribution in [0.1, 0.15) is 12.1 Å². The molecule has 1 aromatic heterocycles. The Morgan fingerprint density at radius 3 is 3.07 bits per heavy atom. The van der Waals surface area contributed by atoms with Crippen LogP contribution in [0.3, 0.4) is 0 Å². The third-order valence-corrected chi connectivity index (χ3v) is 1.63. The molecule has 0 spiro atoms. The molecule has 4 heteroatoms. The van der Waals surface area contributed by atoms with Crippen molar-refractivity contribution in [1.82, 2.24) is 4.98 Å². The average molecular weight is 189 g/mol. The van der Waals surface area contributed by atoms with Gasteiger partial charge in [-0.3, -0.25) is 0 Å². The number of nitrogens with two attached hydrogens (primary N) is 1. The lowest BCUT2D eigenvalue weighted by Crippen LogP contribution is -1.95. The number of methoxy groups -OCH3 is 1. The van der Waals surface area contributed by atoms with Gasteiger partial charge in [-0.1, -0.05) is 6.08 Å². The number of anilines is 1. The van der Waals surface area contributed by atoms with Crippen LogP contribution in [0.5, 0.6) is 5.88 Å². The maximum Gasteiger partial charge on any atom is 0.213 e. The molecule has 1 aromatic rings. The Labute approximate surface area is 82.6 Å². The average Bonchev–Trinajstić information content (AvgIpc) is 2.21. The van der Waals surface area contributed by atoms with E-state index in [4.69, 9.17) is 15.7 Å². The molecule has 72 valence electrons. The van der Waals surface area contributed by atoms with Gasteiger partial charge < -0.3 is 10.5 Å². The highest BCUT2D eigenvalue weighted by molar-refractivity contribution is 5.61. The highest BCUT2D eigenvalue weighted by Crippen LogP contribution is 2.15. The quantitative estimate of drug-likeness (QED) is 0.783. The topological polar surface area (TPSA) is 71.9 Å². The predicted molar refractivity (Wildman–Crippen MR) is 54.5 cm³/mol. The number of nitrogens with zero attached hydrogens (tertiary/aromatic N) is 2. The van der Waals surface area contributed by atoms with Crippen molar-refractivity contribution in [3.63, 3.8) is 0 Å². The summed E-state index contributed by atoms with van der Waals surface area (Å²) in [4.78, 5) is 4.12. The van der Waals surface area contributed by atoms with Gasteiger partial charge in [-0.05, 0) is 12.1 Å². The van der Waals surface area contributed by atoms with Gasteiger partial charge in [0.1, 0.15) is 0 Å². The van der Waals surface area contributed by atoms with E-state index in [0.29, 0.717) is 23.7 Å². The van der Waals surface area contributed by atoms with E-state index in [2.05, 4.69) is 4.98 Å². The van der Waals surface area contributed by atoms with E-state index in [9.17, 15) is 0 Å². The second-order valence-corrected chi connectivity index (χ2v) is 2.59. The number of pyridine rings is 1. The lowest BCUT2D eigenvalue weighted by molar-refractivity contribution is 0.398. The van der Waals surface area contributed by atoms with Gasteiger partial charge in [-0.15, -0.1) is 0 Å². The molecule has 0 aliphatic carbocycles. The third-order valence-electron chi connectivity index (χ3n) is 1.63. The first kappa shape index (κ1) is 10.1. The Bertz CT molecular complexity index is 379. The van der Waals surface area contributed by atoms with Crippen molar-refractivity contribution in [3.05, 3.63) is 23.9 Å². The number of ether oxygens (including phenoxy) is 1. The molecule has 0 bridgehead atoms. The van der Waals surface area contributed by atoms with E-state index in [-0.39, 0.29) is 0 Å². The fraction of sp³-hybridized carbons (Fsp3) is 0.200. The summed E-state index contributed by atoms with van der Waals surface area (Å²) in [5, 5.41) is 8.34. The van der Waals surface area contributed by atoms with Crippen LogP contribution in [-0.4, -0.2) is 12.1 Å². The lowest BCUT2D eigenvalue weighted by atomic mass is 10.2. The minimum absolute atomic E-state index is 0.346. The zero-order chi connectivity index (χ0) is 10.4. The van der Waals surface area contributed by atoms with Gasteiger partial charge in [-0.25, -0.2) is 4.98 Å². The van der Waals surface area contributed by atoms with E-state index in [1.807, 2.05) is 6.07 Å². The van der Waals surface area contributed by atoms with Crippen molar-refractivity contribution in [2.45, 2.75) is 6.42 Å². The van der Waals surface area contributed by atoms with E-state index in [1.54, 1.807) is 31.4 Å². The van der Waals surface area contributed by atoms with Gasteiger partial charge in [0, 0.05) is 6.07 Å². The normalized spacial score (nSPS) is 10.0. The lowest BCUT2D eigenvalue weighted by Gasteiger charge is -2.02. The molecule has 1 heterocycles. The molecule has 0 saturated heterocycles. The largest absolute Gasteiger partial charge is 0.481 e. The molecule has 0 unspecified atom stereocenters. The van der Waals surface area contributed by atoms with Crippen LogP contribution in [0.4, 0.5) is 5.69 Å². The molecule has 0 aromatic carbocycles. The number of allylic oxidation sites excluding steroid dienone is 1. The van der Waals surface area contributed by atoms with Gasteiger partial charge in [0.25, 0.3) is 0 Å². The van der Waals surface area contributed by atoms with Crippen molar-refractivity contribution < 1.29 is 4.74 Å². The molecule has 0 fully saturated rings. The fourth-order valence-electron chi connectivity index (χ4n) is 0.937. The number of hydrogen-bond donors (Lipinski definition) is 1. The molecule has 0 aliphatic heterocycles. The maximum absolute atomic E-state index is 8.34. The Morgan fingerprint density at radius 1 is 1.64 bits per heavy atom. The fourth-order valence-corrected chi connectivity index (χ4v) is 0.937. The van der Waals surface area contributed by atoms with Crippen molar-refractivity contribution in [2.75, 3.05) is 12.8 Å². The molecule has 0 atom stereocenters. The first-order valence-corrected chi connectivity index (χ1v) is 4.12. The zero-order valence-corrected chi connectivity index (χ0v) is 7.90. The Kier molecular flexibility index (Phi) is 3.50. The molecule has 0 aliphatic rings. The summed E-state index contributed by atoms with van der Waals surface area (Å²) in [6.07, 6.45) is 3.76. The van der Waals surface area contributed by atoms with Crippen molar-refractivity contribution in [1.29, 1.82) is 5.26 Å². The monoisotopic (exact) mass is 189 g/mol. The highest BCUT2D eigenvalue weighted by Gasteiger charge is 1.98. The second-order valence-electron chi connectivity index (χ2n) is 2.59. The second kappa shape index (κ2) is 4.87. The first-order chi connectivity index (χ1) is 6.77. The molecule has 14 heavy (non-hydrogen) atoms. The molecule has 1 rings (SSSR count). The summed E-state index contributed by atoms with van der Waals surface area (Å²) in [6, 6.07) is 5.41. The van der Waals surface area contributed by atoms with Gasteiger partial charge in [0.15, 0.2) is 0 Å². The van der Waals surface area contributed by atoms with Gasteiger partial charge in [0.05, 0.1) is 31.0 Å². The van der Waals surface area contributed by atoms with Crippen molar-refractivity contribution >= 4 is 11.8 Å². The van der Waals surface area contributed by atoms with Crippen LogP contribution < -0.4 is 10.5 Å². The Hall–Kier alpha value is -2.02. The molecule has 0 radical (unpaired) electrons. The molecular formula is C10H11N3O. The number of aromatic nitrogens is 1. The van der Waals surface area contributed by atoms with Crippen LogP contribution in [0.15, 0.2) is 18.2 Å². The van der Waals surface area contributed by atoms with Gasteiger partial charge in [-0.2, -0.15) is 5.26 Å². The van der Waals surface area contributed by atoms with Gasteiger partial charge in [0.2, 0.25) is 5.88 Å². The Balaban J connectivity index is 2.90. The molecule has 0 amide bonds. The standard InChI is InChI=1S/C10H11N3O/c1-14-10-6-5-8(12)9(13-10)4-2-3-7-11/h2,4-6H,3,12H2,1H3. The van der Waals surface area contributed by atoms with Crippen LogP contribution in [0.25, 0.3) is 6.08 Å². The smallest absolute Gasteiger partial charge is 0.213 e. The summed E-state index contributed by atoms with van der Waals surface area (Å²) in [7, 11) is 1.54. The van der Waals surface area contributed by atoms with Crippen molar-refractivity contribution in [3.8, 4) is 11.9 Å². The highest BCUT2D eigenvalue weighted by atomic mass is 16.5. The third kappa shape index (κ3) is 2.49. The maximum atomic E-state index is 8.34.